The molecular weight excluding hydrogens is 540 g/mol. The molecule has 4 heteroatoms. The number of furan rings is 2. The third-order valence-electron chi connectivity index (χ3n) is 8.42. The van der Waals surface area contributed by atoms with Gasteiger partial charge in [0.15, 0.2) is 0 Å². The highest BCUT2D eigenvalue weighted by Gasteiger charge is 2.14. The zero-order chi connectivity index (χ0) is 29.0. The van der Waals surface area contributed by atoms with Gasteiger partial charge in [-0.05, 0) is 53.6 Å². The van der Waals surface area contributed by atoms with Crippen LogP contribution in [0.3, 0.4) is 0 Å². The number of rotatable bonds is 4. The lowest BCUT2D eigenvalue weighted by Gasteiger charge is -2.08. The van der Waals surface area contributed by atoms with Crippen molar-refractivity contribution < 1.29 is 8.83 Å². The van der Waals surface area contributed by atoms with Gasteiger partial charge >= 0.3 is 0 Å². The first-order valence-corrected chi connectivity index (χ1v) is 14.6. The van der Waals surface area contributed by atoms with Crippen LogP contribution in [0.5, 0.6) is 0 Å². The number of para-hydroxylation sites is 4. The van der Waals surface area contributed by atoms with Crippen LogP contribution >= 0.6 is 0 Å². The maximum absolute atomic E-state index is 6.24. The number of hydrogen-bond acceptors (Lipinski definition) is 4. The van der Waals surface area contributed by atoms with Crippen molar-refractivity contribution in [1.82, 2.24) is 9.97 Å². The van der Waals surface area contributed by atoms with Crippen molar-refractivity contribution in [3.63, 3.8) is 0 Å². The Morgan fingerprint density at radius 1 is 0.364 bits per heavy atom. The van der Waals surface area contributed by atoms with E-state index in [9.17, 15) is 0 Å². The second kappa shape index (κ2) is 9.79. The summed E-state index contributed by atoms with van der Waals surface area (Å²) in [5.41, 5.74) is 11.5. The number of hydrogen-bond donors (Lipinski definition) is 0. The first-order valence-electron chi connectivity index (χ1n) is 14.6. The molecule has 4 aromatic heterocycles. The van der Waals surface area contributed by atoms with Crippen LogP contribution in [-0.4, -0.2) is 9.97 Å². The average Bonchev–Trinajstić information content (AvgIpc) is 3.67. The zero-order valence-electron chi connectivity index (χ0n) is 23.6. The molecule has 206 valence electrons. The van der Waals surface area contributed by atoms with Crippen LogP contribution in [-0.2, 0) is 0 Å². The van der Waals surface area contributed by atoms with Gasteiger partial charge in [-0.25, -0.2) is 0 Å². The predicted molar refractivity (Wildman–Crippen MR) is 178 cm³/mol. The van der Waals surface area contributed by atoms with Crippen molar-refractivity contribution in [3.8, 4) is 44.8 Å². The Balaban J connectivity index is 1.03. The molecule has 5 aromatic carbocycles. The molecule has 4 heterocycles. The third kappa shape index (κ3) is 3.92. The molecule has 9 aromatic rings. The first-order chi connectivity index (χ1) is 21.8. The van der Waals surface area contributed by atoms with Crippen LogP contribution in [0, 0.1) is 0 Å². The lowest BCUT2D eigenvalue weighted by atomic mass is 9.99. The molecule has 0 N–H and O–H groups in total. The van der Waals surface area contributed by atoms with Gasteiger partial charge in [-0.1, -0.05) is 91.0 Å². The minimum Gasteiger partial charge on any atom is -0.455 e. The first kappa shape index (κ1) is 24.6. The summed E-state index contributed by atoms with van der Waals surface area (Å²) in [6.07, 6.45) is 3.87. The standard InChI is InChI=1S/C40H24N2O2/c1-3-16-37-29(10-1)31-12-6-14-33(39(31)43-37)35-20-18-27(23-41-35)25-8-5-9-26(22-25)28-19-21-36(42-24-28)34-15-7-13-32-30-11-2-4-17-38(30)44-40(32)34/h1-24H. The highest BCUT2D eigenvalue weighted by atomic mass is 16.3. The van der Waals surface area contributed by atoms with E-state index >= 15 is 0 Å². The maximum Gasteiger partial charge on any atom is 0.144 e. The monoisotopic (exact) mass is 564 g/mol. The van der Waals surface area contributed by atoms with Crippen molar-refractivity contribution in [3.05, 3.63) is 146 Å². The van der Waals surface area contributed by atoms with Gasteiger partial charge in [0.05, 0.1) is 11.4 Å². The molecule has 0 saturated carbocycles. The zero-order valence-corrected chi connectivity index (χ0v) is 23.6. The average molecular weight is 565 g/mol. The summed E-state index contributed by atoms with van der Waals surface area (Å²) in [5.74, 6) is 0. The van der Waals surface area contributed by atoms with Gasteiger partial charge in [0, 0.05) is 56.2 Å². The van der Waals surface area contributed by atoms with E-state index < -0.39 is 0 Å². The Hall–Kier alpha value is -6.00. The minimum absolute atomic E-state index is 0.864. The summed E-state index contributed by atoms with van der Waals surface area (Å²) < 4.78 is 12.5. The molecule has 0 unspecified atom stereocenters. The molecule has 0 atom stereocenters. The van der Waals surface area contributed by atoms with Crippen molar-refractivity contribution >= 4 is 43.9 Å². The van der Waals surface area contributed by atoms with Gasteiger partial charge in [-0.15, -0.1) is 0 Å². The smallest absolute Gasteiger partial charge is 0.144 e. The largest absolute Gasteiger partial charge is 0.455 e. The van der Waals surface area contributed by atoms with Gasteiger partial charge in [0.25, 0.3) is 0 Å². The quantitative estimate of drug-likeness (QED) is 0.213. The van der Waals surface area contributed by atoms with E-state index in [2.05, 4.69) is 97.1 Å². The molecule has 9 rings (SSSR count). The number of aromatic nitrogens is 2. The van der Waals surface area contributed by atoms with Crippen LogP contribution in [0.25, 0.3) is 88.6 Å². The number of pyridine rings is 2. The number of benzene rings is 5. The van der Waals surface area contributed by atoms with Crippen LogP contribution in [0.15, 0.2) is 155 Å². The van der Waals surface area contributed by atoms with Crippen molar-refractivity contribution in [2.75, 3.05) is 0 Å². The minimum atomic E-state index is 0.864. The molecule has 44 heavy (non-hydrogen) atoms. The Morgan fingerprint density at radius 2 is 0.818 bits per heavy atom. The molecule has 0 fully saturated rings. The van der Waals surface area contributed by atoms with E-state index in [4.69, 9.17) is 18.8 Å². The molecule has 0 aliphatic rings. The number of nitrogens with zero attached hydrogens (tertiary/aromatic N) is 2. The molecule has 0 bridgehead atoms. The summed E-state index contributed by atoms with van der Waals surface area (Å²) in [7, 11) is 0. The third-order valence-corrected chi connectivity index (χ3v) is 8.42. The molecule has 0 aliphatic heterocycles. The summed E-state index contributed by atoms with van der Waals surface area (Å²) in [4.78, 5) is 9.71. The van der Waals surface area contributed by atoms with Crippen molar-refractivity contribution in [2.45, 2.75) is 0 Å². The number of fused-ring (bicyclic) bond motifs is 6. The Bertz CT molecular complexity index is 2310. The molecular formula is C40H24N2O2. The second-order valence-electron chi connectivity index (χ2n) is 11.0. The Morgan fingerprint density at radius 3 is 1.30 bits per heavy atom. The van der Waals surface area contributed by atoms with E-state index in [0.717, 1.165) is 88.6 Å². The van der Waals surface area contributed by atoms with Crippen LogP contribution < -0.4 is 0 Å². The van der Waals surface area contributed by atoms with E-state index in [1.165, 1.54) is 0 Å². The summed E-state index contributed by atoms with van der Waals surface area (Å²) >= 11 is 0. The van der Waals surface area contributed by atoms with E-state index in [1.54, 1.807) is 0 Å². The van der Waals surface area contributed by atoms with Crippen LogP contribution in [0.4, 0.5) is 0 Å². The normalized spacial score (nSPS) is 11.6. The second-order valence-corrected chi connectivity index (χ2v) is 11.0. The van der Waals surface area contributed by atoms with Crippen LogP contribution in [0.1, 0.15) is 0 Å². The molecule has 0 saturated heterocycles. The summed E-state index contributed by atoms with van der Waals surface area (Å²) in [6, 6.07) is 45.6. The SMILES string of the molecule is c1cc(-c2ccc(-c3cccc4c3oc3ccccc34)nc2)cc(-c2ccc(-c3cccc4c3oc3ccccc34)nc2)c1. The van der Waals surface area contributed by atoms with Crippen LogP contribution in [0.2, 0.25) is 0 Å². The van der Waals surface area contributed by atoms with Crippen molar-refractivity contribution in [1.29, 1.82) is 0 Å². The molecule has 4 nitrogen and oxygen atoms in total. The maximum atomic E-state index is 6.24. The molecule has 0 aliphatic carbocycles. The fourth-order valence-electron chi connectivity index (χ4n) is 6.22. The van der Waals surface area contributed by atoms with E-state index in [-0.39, 0.29) is 0 Å². The molecule has 0 spiro atoms. The Kier molecular flexibility index (Phi) is 5.47. The molecule has 0 radical (unpaired) electrons. The topological polar surface area (TPSA) is 52.1 Å². The van der Waals surface area contributed by atoms with Gasteiger partial charge < -0.3 is 8.83 Å². The van der Waals surface area contributed by atoms with E-state index in [0.29, 0.717) is 0 Å². The lowest BCUT2D eigenvalue weighted by Crippen LogP contribution is -1.88. The lowest BCUT2D eigenvalue weighted by molar-refractivity contribution is 0.669. The fourth-order valence-corrected chi connectivity index (χ4v) is 6.22. The van der Waals surface area contributed by atoms with Gasteiger partial charge in [0.1, 0.15) is 22.3 Å². The van der Waals surface area contributed by atoms with Crippen molar-refractivity contribution in [2.24, 2.45) is 0 Å². The van der Waals surface area contributed by atoms with E-state index in [1.807, 2.05) is 48.8 Å². The van der Waals surface area contributed by atoms with Gasteiger partial charge in [-0.3, -0.25) is 9.97 Å². The highest BCUT2D eigenvalue weighted by Crippen LogP contribution is 2.37. The highest BCUT2D eigenvalue weighted by molar-refractivity contribution is 6.10. The fraction of sp³-hybridized carbons (Fsp3) is 0. The summed E-state index contributed by atoms with van der Waals surface area (Å²) in [6.45, 7) is 0. The summed E-state index contributed by atoms with van der Waals surface area (Å²) in [5, 5.41) is 4.44. The Labute approximate surface area is 252 Å². The molecule has 0 amide bonds. The van der Waals surface area contributed by atoms with Gasteiger partial charge in [-0.2, -0.15) is 0 Å². The van der Waals surface area contributed by atoms with Gasteiger partial charge in [0.2, 0.25) is 0 Å². The predicted octanol–water partition coefficient (Wildman–Crippen LogP) is 10.9.